The second kappa shape index (κ2) is 4.49. The van der Waals surface area contributed by atoms with Crippen LogP contribution in [-0.4, -0.2) is 34.1 Å². The van der Waals surface area contributed by atoms with Crippen molar-refractivity contribution in [3.05, 3.63) is 12.2 Å². The summed E-state index contributed by atoms with van der Waals surface area (Å²) in [6.07, 6.45) is 1.03. The molecule has 0 aromatic heterocycles. The van der Waals surface area contributed by atoms with Gasteiger partial charge in [-0.2, -0.15) is 0 Å². The molecule has 9 heavy (non-hydrogen) atoms. The Morgan fingerprint density at radius 1 is 1.44 bits per heavy atom. The van der Waals surface area contributed by atoms with Crippen molar-refractivity contribution in [3.8, 4) is 0 Å². The number of rotatable bonds is 3. The van der Waals surface area contributed by atoms with Crippen molar-refractivity contribution in [1.82, 2.24) is 0 Å². The van der Waals surface area contributed by atoms with Crippen molar-refractivity contribution in [3.63, 3.8) is 0 Å². The molecule has 0 spiro atoms. The Morgan fingerprint density at radius 2 is 2.00 bits per heavy atom. The lowest BCUT2D eigenvalue weighted by Crippen LogP contribution is -2.27. The van der Waals surface area contributed by atoms with Crippen LogP contribution in [-0.2, 0) is 0 Å². The third-order valence-electron chi connectivity index (χ3n) is 0.971. The molecule has 0 aromatic carbocycles. The fourth-order valence-corrected chi connectivity index (χ4v) is 0.433. The van der Waals surface area contributed by atoms with Gasteiger partial charge in [0, 0.05) is 0 Å². The van der Waals surface area contributed by atoms with Crippen LogP contribution in [0.25, 0.3) is 0 Å². The monoisotopic (exact) mass is 132 g/mol. The predicted molar refractivity (Wildman–Crippen MR) is 33.9 cm³/mol. The van der Waals surface area contributed by atoms with Gasteiger partial charge in [-0.05, 0) is 6.92 Å². The van der Waals surface area contributed by atoms with Crippen molar-refractivity contribution in [2.45, 2.75) is 19.1 Å². The Hall–Kier alpha value is -0.380. The molecule has 3 nitrogen and oxygen atoms in total. The maximum atomic E-state index is 8.82. The Kier molecular flexibility index (Phi) is 4.30. The lowest BCUT2D eigenvalue weighted by atomic mass is 10.2. The Balaban J connectivity index is 3.58. The van der Waals surface area contributed by atoms with Crippen molar-refractivity contribution in [2.75, 3.05) is 6.61 Å². The van der Waals surface area contributed by atoms with Gasteiger partial charge in [-0.15, -0.1) is 0 Å². The maximum absolute atomic E-state index is 8.82. The second-order valence-corrected chi connectivity index (χ2v) is 1.77. The van der Waals surface area contributed by atoms with E-state index in [0.717, 1.165) is 0 Å². The van der Waals surface area contributed by atoms with Crippen LogP contribution in [0.3, 0.4) is 0 Å². The molecular formula is C6H12O3. The first-order chi connectivity index (χ1) is 4.22. The lowest BCUT2D eigenvalue weighted by molar-refractivity contribution is 0.00943. The van der Waals surface area contributed by atoms with E-state index in [1.54, 1.807) is 13.0 Å². The molecule has 0 aromatic rings. The van der Waals surface area contributed by atoms with Gasteiger partial charge < -0.3 is 15.3 Å². The average molecular weight is 132 g/mol. The van der Waals surface area contributed by atoms with E-state index >= 15 is 0 Å². The van der Waals surface area contributed by atoms with Crippen molar-refractivity contribution < 1.29 is 15.3 Å². The summed E-state index contributed by atoms with van der Waals surface area (Å²) in [5.41, 5.74) is 0. The van der Waals surface area contributed by atoms with Gasteiger partial charge in [0.1, 0.15) is 12.2 Å². The molecule has 0 aliphatic carbocycles. The maximum Gasteiger partial charge on any atom is 0.106 e. The van der Waals surface area contributed by atoms with Gasteiger partial charge in [-0.3, -0.25) is 0 Å². The quantitative estimate of drug-likeness (QED) is 0.444. The Labute approximate surface area is 54.3 Å². The third kappa shape index (κ3) is 3.24. The highest BCUT2D eigenvalue weighted by molar-refractivity contribution is 4.89. The van der Waals surface area contributed by atoms with Crippen molar-refractivity contribution in [1.29, 1.82) is 0 Å². The zero-order valence-corrected chi connectivity index (χ0v) is 5.36. The van der Waals surface area contributed by atoms with E-state index < -0.39 is 18.8 Å². The van der Waals surface area contributed by atoms with Crippen molar-refractivity contribution in [2.24, 2.45) is 0 Å². The largest absolute Gasteiger partial charge is 0.394 e. The van der Waals surface area contributed by atoms with Gasteiger partial charge in [-0.25, -0.2) is 0 Å². The molecule has 54 valence electrons. The fraction of sp³-hybridized carbons (Fsp3) is 0.667. The topological polar surface area (TPSA) is 60.7 Å². The normalized spacial score (nSPS) is 18.2. The van der Waals surface area contributed by atoms with E-state index in [0.29, 0.717) is 0 Å². The summed E-state index contributed by atoms with van der Waals surface area (Å²) in [7, 11) is 0. The molecule has 0 fully saturated rings. The van der Waals surface area contributed by atoms with E-state index in [1.807, 2.05) is 0 Å². The molecule has 1 unspecified atom stereocenters. The average Bonchev–Trinajstić information content (AvgIpc) is 1.87. The van der Waals surface area contributed by atoms with Gasteiger partial charge >= 0.3 is 0 Å². The van der Waals surface area contributed by atoms with E-state index in [2.05, 4.69) is 0 Å². The van der Waals surface area contributed by atoms with Crippen LogP contribution in [0.1, 0.15) is 6.92 Å². The predicted octanol–water partition coefficient (Wildman–Crippen LogP) is -0.723. The Morgan fingerprint density at radius 3 is 2.33 bits per heavy atom. The van der Waals surface area contributed by atoms with Crippen LogP contribution in [0.4, 0.5) is 0 Å². The molecule has 0 saturated carbocycles. The van der Waals surface area contributed by atoms with Gasteiger partial charge in [0.2, 0.25) is 0 Å². The fourth-order valence-electron chi connectivity index (χ4n) is 0.433. The van der Waals surface area contributed by atoms with E-state index in [4.69, 9.17) is 15.3 Å². The minimum absolute atomic E-state index is 0.411. The first-order valence-corrected chi connectivity index (χ1v) is 2.82. The molecule has 3 N–H and O–H groups in total. The molecule has 0 rings (SSSR count). The van der Waals surface area contributed by atoms with Gasteiger partial charge in [0.05, 0.1) is 6.61 Å². The minimum Gasteiger partial charge on any atom is -0.394 e. The summed E-state index contributed by atoms with van der Waals surface area (Å²) in [6.45, 7) is 1.32. The third-order valence-corrected chi connectivity index (χ3v) is 0.971. The van der Waals surface area contributed by atoms with Crippen LogP contribution in [0, 0.1) is 0 Å². The molecular weight excluding hydrogens is 120 g/mol. The molecule has 0 aliphatic heterocycles. The van der Waals surface area contributed by atoms with E-state index in [9.17, 15) is 0 Å². The minimum atomic E-state index is -1.05. The lowest BCUT2D eigenvalue weighted by Gasteiger charge is -2.09. The van der Waals surface area contributed by atoms with E-state index in [1.165, 1.54) is 6.08 Å². The van der Waals surface area contributed by atoms with E-state index in [-0.39, 0.29) is 0 Å². The molecule has 0 aliphatic rings. The summed E-state index contributed by atoms with van der Waals surface area (Å²) >= 11 is 0. The van der Waals surface area contributed by atoms with Crippen LogP contribution in [0.15, 0.2) is 12.2 Å². The van der Waals surface area contributed by atoms with Gasteiger partial charge in [0.15, 0.2) is 0 Å². The van der Waals surface area contributed by atoms with Gasteiger partial charge in [0.25, 0.3) is 0 Å². The van der Waals surface area contributed by atoms with Crippen molar-refractivity contribution >= 4 is 0 Å². The molecule has 0 heterocycles. The summed E-state index contributed by atoms with van der Waals surface area (Å²) in [6, 6.07) is 0. The highest BCUT2D eigenvalue weighted by Gasteiger charge is 2.09. The van der Waals surface area contributed by atoms with Crippen LogP contribution in [0.2, 0.25) is 0 Å². The first kappa shape index (κ1) is 8.62. The summed E-state index contributed by atoms with van der Waals surface area (Å²) < 4.78 is 0. The highest BCUT2D eigenvalue weighted by Crippen LogP contribution is 1.92. The SMILES string of the molecule is CC=CC(O)[C@@H](O)CO. The number of hydrogen-bond acceptors (Lipinski definition) is 3. The summed E-state index contributed by atoms with van der Waals surface area (Å²) in [5, 5.41) is 25.8. The molecule has 0 bridgehead atoms. The van der Waals surface area contributed by atoms with Crippen LogP contribution < -0.4 is 0 Å². The molecule has 3 heteroatoms. The zero-order chi connectivity index (χ0) is 7.28. The Bertz CT molecular complexity index is 90.3. The van der Waals surface area contributed by atoms with Crippen LogP contribution in [0.5, 0.6) is 0 Å². The summed E-state index contributed by atoms with van der Waals surface area (Å²) in [4.78, 5) is 0. The summed E-state index contributed by atoms with van der Waals surface area (Å²) in [5.74, 6) is 0. The number of hydrogen-bond donors (Lipinski definition) is 3. The number of allylic oxidation sites excluding steroid dienone is 1. The molecule has 0 saturated heterocycles. The van der Waals surface area contributed by atoms with Gasteiger partial charge in [-0.1, -0.05) is 12.2 Å². The van der Waals surface area contributed by atoms with Crippen LogP contribution >= 0.6 is 0 Å². The first-order valence-electron chi connectivity index (χ1n) is 2.82. The number of aliphatic hydroxyl groups excluding tert-OH is 3. The molecule has 2 atom stereocenters. The molecule has 0 radical (unpaired) electrons. The zero-order valence-electron chi connectivity index (χ0n) is 5.36. The molecule has 0 amide bonds. The highest BCUT2D eigenvalue weighted by atomic mass is 16.4. The smallest absolute Gasteiger partial charge is 0.106 e. The second-order valence-electron chi connectivity index (χ2n) is 1.77. The standard InChI is InChI=1S/C6H12O3/c1-2-3-5(8)6(9)4-7/h2-3,5-9H,4H2,1H3/t5?,6-/m0/s1. The number of aliphatic hydroxyl groups is 3.